The van der Waals surface area contributed by atoms with Crippen molar-refractivity contribution in [2.24, 2.45) is 5.73 Å². The summed E-state index contributed by atoms with van der Waals surface area (Å²) in [5.41, 5.74) is 6.87. The molecule has 5 nitrogen and oxygen atoms in total. The molecule has 0 amide bonds. The Morgan fingerprint density at radius 2 is 1.95 bits per heavy atom. The molecule has 1 saturated heterocycles. The average Bonchev–Trinajstić information content (AvgIpc) is 2.51. The summed E-state index contributed by atoms with van der Waals surface area (Å²) in [5.74, 6) is 0.766. The van der Waals surface area contributed by atoms with Crippen LogP contribution in [0.1, 0.15) is 12.8 Å². The smallest absolute Gasteiger partial charge is 0.252 e. The van der Waals surface area contributed by atoms with E-state index in [9.17, 15) is 4.79 Å². The van der Waals surface area contributed by atoms with Crippen LogP contribution >= 0.6 is 0 Å². The lowest BCUT2D eigenvalue weighted by atomic mass is 10.1. The number of nitrogens with zero attached hydrogens (tertiary/aromatic N) is 2. The molecule has 0 unspecified atom stereocenters. The van der Waals surface area contributed by atoms with Crippen LogP contribution in [0.5, 0.6) is 5.75 Å². The first-order valence-corrected chi connectivity index (χ1v) is 7.33. The monoisotopic (exact) mass is 287 g/mol. The SMILES string of the molecule is COc1ccc2ccc(=O)n(CN3CCC(N)CC3)c2c1. The molecule has 1 aromatic heterocycles. The predicted molar refractivity (Wildman–Crippen MR) is 83.5 cm³/mol. The normalized spacial score (nSPS) is 17.2. The van der Waals surface area contributed by atoms with E-state index < -0.39 is 0 Å². The van der Waals surface area contributed by atoms with E-state index in [0.717, 1.165) is 42.6 Å². The van der Waals surface area contributed by atoms with Crippen LogP contribution in [0.3, 0.4) is 0 Å². The molecule has 2 aromatic rings. The van der Waals surface area contributed by atoms with Gasteiger partial charge in [0.1, 0.15) is 5.75 Å². The van der Waals surface area contributed by atoms with Crippen molar-refractivity contribution >= 4 is 10.9 Å². The number of hydrogen-bond donors (Lipinski definition) is 1. The zero-order chi connectivity index (χ0) is 14.8. The minimum atomic E-state index is 0.0191. The fourth-order valence-electron chi connectivity index (χ4n) is 2.84. The molecule has 1 aliphatic heterocycles. The summed E-state index contributed by atoms with van der Waals surface area (Å²) in [6.07, 6.45) is 1.98. The highest BCUT2D eigenvalue weighted by atomic mass is 16.5. The largest absolute Gasteiger partial charge is 0.497 e. The van der Waals surface area contributed by atoms with Crippen LogP contribution in [0.2, 0.25) is 0 Å². The van der Waals surface area contributed by atoms with Crippen molar-refractivity contribution in [3.8, 4) is 5.75 Å². The third-order valence-corrected chi connectivity index (χ3v) is 4.17. The Bertz CT molecular complexity index is 687. The highest BCUT2D eigenvalue weighted by Crippen LogP contribution is 2.20. The maximum Gasteiger partial charge on any atom is 0.252 e. The summed E-state index contributed by atoms with van der Waals surface area (Å²) < 4.78 is 7.09. The topological polar surface area (TPSA) is 60.5 Å². The van der Waals surface area contributed by atoms with Gasteiger partial charge in [-0.25, -0.2) is 0 Å². The van der Waals surface area contributed by atoms with Gasteiger partial charge in [0.25, 0.3) is 5.56 Å². The molecule has 0 spiro atoms. The van der Waals surface area contributed by atoms with Gasteiger partial charge in [0.2, 0.25) is 0 Å². The van der Waals surface area contributed by atoms with Crippen molar-refractivity contribution in [2.45, 2.75) is 25.6 Å². The van der Waals surface area contributed by atoms with Crippen molar-refractivity contribution in [3.05, 3.63) is 40.7 Å². The Morgan fingerprint density at radius 1 is 1.24 bits per heavy atom. The zero-order valence-electron chi connectivity index (χ0n) is 12.3. The quantitative estimate of drug-likeness (QED) is 0.927. The number of ether oxygens (including phenoxy) is 1. The first-order valence-electron chi connectivity index (χ1n) is 7.33. The number of pyridine rings is 1. The number of benzene rings is 1. The molecule has 2 N–H and O–H groups in total. The van der Waals surface area contributed by atoms with Gasteiger partial charge in [-0.2, -0.15) is 0 Å². The van der Waals surface area contributed by atoms with Gasteiger partial charge >= 0.3 is 0 Å². The van der Waals surface area contributed by atoms with Crippen molar-refractivity contribution < 1.29 is 4.74 Å². The first-order chi connectivity index (χ1) is 10.2. The molecule has 3 rings (SSSR count). The number of likely N-dealkylation sites (tertiary alicyclic amines) is 1. The van der Waals surface area contributed by atoms with Crippen LogP contribution in [0.4, 0.5) is 0 Å². The molecule has 0 saturated carbocycles. The zero-order valence-corrected chi connectivity index (χ0v) is 12.3. The second-order valence-corrected chi connectivity index (χ2v) is 5.62. The van der Waals surface area contributed by atoms with Crippen LogP contribution in [-0.4, -0.2) is 35.7 Å². The average molecular weight is 287 g/mol. The fraction of sp³-hybridized carbons (Fsp3) is 0.438. The number of aromatic nitrogens is 1. The molecular weight excluding hydrogens is 266 g/mol. The molecule has 1 aromatic carbocycles. The van der Waals surface area contributed by atoms with Gasteiger partial charge in [-0.3, -0.25) is 14.3 Å². The van der Waals surface area contributed by atoms with E-state index in [1.54, 1.807) is 13.2 Å². The Labute approximate surface area is 123 Å². The molecule has 112 valence electrons. The van der Waals surface area contributed by atoms with E-state index in [4.69, 9.17) is 10.5 Å². The molecule has 5 heteroatoms. The molecule has 1 aliphatic rings. The molecule has 0 radical (unpaired) electrons. The van der Waals surface area contributed by atoms with Gasteiger partial charge < -0.3 is 10.5 Å². The number of hydrogen-bond acceptors (Lipinski definition) is 4. The molecule has 1 fully saturated rings. The third-order valence-electron chi connectivity index (χ3n) is 4.17. The maximum atomic E-state index is 12.2. The second kappa shape index (κ2) is 5.87. The first kappa shape index (κ1) is 14.1. The Balaban J connectivity index is 1.96. The van der Waals surface area contributed by atoms with Crippen molar-refractivity contribution in [1.29, 1.82) is 0 Å². The highest BCUT2D eigenvalue weighted by molar-refractivity contribution is 5.80. The Hall–Kier alpha value is -1.85. The van der Waals surface area contributed by atoms with Crippen LogP contribution < -0.4 is 16.0 Å². The molecule has 0 bridgehead atoms. The van der Waals surface area contributed by atoms with E-state index in [1.165, 1.54) is 0 Å². The van der Waals surface area contributed by atoms with E-state index in [1.807, 2.05) is 28.8 Å². The Kier molecular flexibility index (Phi) is 3.94. The van der Waals surface area contributed by atoms with Gasteiger partial charge in [-0.1, -0.05) is 0 Å². The van der Waals surface area contributed by atoms with Gasteiger partial charge in [0.15, 0.2) is 0 Å². The van der Waals surface area contributed by atoms with Gasteiger partial charge in [0.05, 0.1) is 19.3 Å². The van der Waals surface area contributed by atoms with E-state index >= 15 is 0 Å². The summed E-state index contributed by atoms with van der Waals surface area (Å²) in [6.45, 7) is 2.48. The molecular formula is C16H21N3O2. The summed E-state index contributed by atoms with van der Waals surface area (Å²) >= 11 is 0. The minimum absolute atomic E-state index is 0.0191. The van der Waals surface area contributed by atoms with Crippen molar-refractivity contribution in [1.82, 2.24) is 9.47 Å². The molecule has 2 heterocycles. The van der Waals surface area contributed by atoms with E-state index in [-0.39, 0.29) is 5.56 Å². The lowest BCUT2D eigenvalue weighted by molar-refractivity contribution is 0.171. The van der Waals surface area contributed by atoms with Gasteiger partial charge in [-0.05, 0) is 36.4 Å². The van der Waals surface area contributed by atoms with Crippen LogP contribution in [0.25, 0.3) is 10.9 Å². The van der Waals surface area contributed by atoms with E-state index in [2.05, 4.69) is 4.90 Å². The molecule has 21 heavy (non-hydrogen) atoms. The lowest BCUT2D eigenvalue weighted by Crippen LogP contribution is -2.42. The predicted octanol–water partition coefficient (Wildman–Crippen LogP) is 1.39. The number of fused-ring (bicyclic) bond motifs is 1. The summed E-state index contributed by atoms with van der Waals surface area (Å²) in [7, 11) is 1.64. The lowest BCUT2D eigenvalue weighted by Gasteiger charge is -2.30. The van der Waals surface area contributed by atoms with E-state index in [0.29, 0.717) is 12.7 Å². The minimum Gasteiger partial charge on any atom is -0.497 e. The fourth-order valence-corrected chi connectivity index (χ4v) is 2.84. The van der Waals surface area contributed by atoms with Crippen LogP contribution in [0, 0.1) is 0 Å². The summed E-state index contributed by atoms with van der Waals surface area (Å²) in [4.78, 5) is 14.5. The maximum absolute atomic E-state index is 12.2. The second-order valence-electron chi connectivity index (χ2n) is 5.62. The standard InChI is InChI=1S/C16H21N3O2/c1-21-14-4-2-12-3-5-16(20)19(15(12)10-14)11-18-8-6-13(17)7-9-18/h2-5,10,13H,6-9,11,17H2,1H3. The summed E-state index contributed by atoms with van der Waals surface area (Å²) in [6, 6.07) is 9.61. The Morgan fingerprint density at radius 3 is 2.67 bits per heavy atom. The third kappa shape index (κ3) is 2.94. The number of piperidine rings is 1. The van der Waals surface area contributed by atoms with Crippen molar-refractivity contribution in [2.75, 3.05) is 20.2 Å². The van der Waals surface area contributed by atoms with Crippen molar-refractivity contribution in [3.63, 3.8) is 0 Å². The number of methoxy groups -OCH3 is 1. The number of rotatable bonds is 3. The van der Waals surface area contributed by atoms with Crippen LogP contribution in [0.15, 0.2) is 35.1 Å². The number of nitrogens with two attached hydrogens (primary N) is 1. The van der Waals surface area contributed by atoms with Gasteiger partial charge in [0, 0.05) is 31.3 Å². The molecule has 0 aliphatic carbocycles. The highest BCUT2D eigenvalue weighted by Gasteiger charge is 2.17. The van der Waals surface area contributed by atoms with Crippen LogP contribution in [-0.2, 0) is 6.67 Å². The summed E-state index contributed by atoms with van der Waals surface area (Å²) in [5, 5.41) is 1.05. The van der Waals surface area contributed by atoms with Gasteiger partial charge in [-0.15, -0.1) is 0 Å². The molecule has 0 atom stereocenters.